The molecule has 0 atom stereocenters. The zero-order chi connectivity index (χ0) is 20.3. The van der Waals surface area contributed by atoms with E-state index >= 15 is 0 Å². The van der Waals surface area contributed by atoms with Gasteiger partial charge in [0.2, 0.25) is 5.91 Å². The zero-order valence-corrected chi connectivity index (χ0v) is 16.0. The molecule has 0 spiro atoms. The monoisotopic (exact) mass is 421 g/mol. The number of amides is 1. The first-order chi connectivity index (χ1) is 13.4. The van der Waals surface area contributed by atoms with Crippen LogP contribution < -0.4 is 5.32 Å². The van der Waals surface area contributed by atoms with E-state index < -0.39 is 10.7 Å². The quantitative estimate of drug-likeness (QED) is 0.367. The number of carbonyl (C=O) groups excluding carboxylic acids is 1. The number of nitrogens with one attached hydrogen (secondary N) is 1. The number of anilines is 1. The van der Waals surface area contributed by atoms with Crippen LogP contribution in [0.4, 0.5) is 15.8 Å². The summed E-state index contributed by atoms with van der Waals surface area (Å²) in [6.07, 6.45) is 0. The van der Waals surface area contributed by atoms with Crippen LogP contribution in [0.5, 0.6) is 0 Å². The third-order valence-corrected chi connectivity index (χ3v) is 5.05. The average molecular weight is 422 g/mol. The Labute approximate surface area is 167 Å². The Bertz CT molecular complexity index is 1060. The molecule has 3 aromatic rings. The van der Waals surface area contributed by atoms with E-state index in [4.69, 9.17) is 11.6 Å². The SMILES string of the molecule is Cn1c(SCC(=O)Nc2ccc([N+](=O)[O-])cc2Cl)nnc1-c1ccccc1F. The van der Waals surface area contributed by atoms with Crippen molar-refractivity contribution in [3.05, 3.63) is 63.4 Å². The molecular weight excluding hydrogens is 409 g/mol. The van der Waals surface area contributed by atoms with Gasteiger partial charge in [0, 0.05) is 19.2 Å². The summed E-state index contributed by atoms with van der Waals surface area (Å²) in [6, 6.07) is 9.97. The van der Waals surface area contributed by atoms with E-state index in [0.717, 1.165) is 17.8 Å². The fraction of sp³-hybridized carbons (Fsp3) is 0.118. The van der Waals surface area contributed by atoms with Gasteiger partial charge in [-0.05, 0) is 18.2 Å². The van der Waals surface area contributed by atoms with Crippen molar-refractivity contribution in [2.24, 2.45) is 7.05 Å². The van der Waals surface area contributed by atoms with E-state index in [0.29, 0.717) is 16.5 Å². The van der Waals surface area contributed by atoms with Crippen molar-refractivity contribution in [3.8, 4) is 11.4 Å². The third-order valence-electron chi connectivity index (χ3n) is 3.72. The van der Waals surface area contributed by atoms with Crippen LogP contribution in [-0.4, -0.2) is 31.3 Å². The number of benzene rings is 2. The van der Waals surface area contributed by atoms with E-state index in [9.17, 15) is 19.3 Å². The molecule has 1 heterocycles. The molecule has 0 radical (unpaired) electrons. The number of carbonyl (C=O) groups is 1. The highest BCUT2D eigenvalue weighted by molar-refractivity contribution is 7.99. The molecule has 11 heteroatoms. The minimum atomic E-state index is -0.575. The number of thioether (sulfide) groups is 1. The summed E-state index contributed by atoms with van der Waals surface area (Å²) in [5.41, 5.74) is 0.409. The van der Waals surface area contributed by atoms with Crippen molar-refractivity contribution in [2.75, 3.05) is 11.1 Å². The largest absolute Gasteiger partial charge is 0.324 e. The van der Waals surface area contributed by atoms with E-state index in [2.05, 4.69) is 15.5 Å². The normalized spacial score (nSPS) is 10.7. The Morgan fingerprint density at radius 1 is 1.32 bits per heavy atom. The second-order valence-electron chi connectivity index (χ2n) is 5.60. The first-order valence-corrected chi connectivity index (χ1v) is 9.24. The number of nitrogens with zero attached hydrogens (tertiary/aromatic N) is 4. The van der Waals surface area contributed by atoms with Crippen molar-refractivity contribution in [1.82, 2.24) is 14.8 Å². The number of halogens is 2. The summed E-state index contributed by atoms with van der Waals surface area (Å²) in [5, 5.41) is 21.8. The maximum atomic E-state index is 13.9. The summed E-state index contributed by atoms with van der Waals surface area (Å²) in [7, 11) is 1.68. The molecule has 2 aromatic carbocycles. The Kier molecular flexibility index (Phi) is 5.90. The Morgan fingerprint density at radius 2 is 2.07 bits per heavy atom. The topological polar surface area (TPSA) is 103 Å². The molecule has 1 N–H and O–H groups in total. The lowest BCUT2D eigenvalue weighted by molar-refractivity contribution is -0.384. The van der Waals surface area contributed by atoms with Gasteiger partial charge in [-0.15, -0.1) is 10.2 Å². The maximum absolute atomic E-state index is 13.9. The first-order valence-electron chi connectivity index (χ1n) is 7.87. The van der Waals surface area contributed by atoms with Crippen LogP contribution in [0.1, 0.15) is 0 Å². The Morgan fingerprint density at radius 3 is 2.75 bits per heavy atom. The van der Waals surface area contributed by atoms with Crippen LogP contribution in [0.15, 0.2) is 47.6 Å². The fourth-order valence-corrected chi connectivity index (χ4v) is 3.29. The Balaban J connectivity index is 1.66. The summed E-state index contributed by atoms with van der Waals surface area (Å²) < 4.78 is 15.5. The molecule has 28 heavy (non-hydrogen) atoms. The van der Waals surface area contributed by atoms with Crippen molar-refractivity contribution in [2.45, 2.75) is 5.16 Å². The molecule has 8 nitrogen and oxygen atoms in total. The predicted molar refractivity (Wildman–Crippen MR) is 104 cm³/mol. The molecule has 3 rings (SSSR count). The second-order valence-corrected chi connectivity index (χ2v) is 6.95. The summed E-state index contributed by atoms with van der Waals surface area (Å²) >= 11 is 7.07. The highest BCUT2D eigenvalue weighted by Crippen LogP contribution is 2.28. The molecule has 0 saturated heterocycles. The van der Waals surface area contributed by atoms with Gasteiger partial charge in [-0.1, -0.05) is 35.5 Å². The molecule has 0 aliphatic rings. The number of nitro groups is 1. The standard InChI is InChI=1S/C17H13ClFN5O3S/c1-23-16(11-4-2-3-5-13(11)19)21-22-17(23)28-9-15(25)20-14-7-6-10(24(26)27)8-12(14)18/h2-8H,9H2,1H3,(H,20,25). The second kappa shape index (κ2) is 8.36. The fourth-order valence-electron chi connectivity index (χ4n) is 2.35. The maximum Gasteiger partial charge on any atom is 0.271 e. The summed E-state index contributed by atoms with van der Waals surface area (Å²) in [4.78, 5) is 22.3. The molecule has 0 unspecified atom stereocenters. The van der Waals surface area contributed by atoms with Gasteiger partial charge in [0.1, 0.15) is 5.82 Å². The molecule has 144 valence electrons. The average Bonchev–Trinajstić information content (AvgIpc) is 3.02. The van der Waals surface area contributed by atoms with Crippen LogP contribution in [0, 0.1) is 15.9 Å². The van der Waals surface area contributed by atoms with Gasteiger partial charge < -0.3 is 9.88 Å². The van der Waals surface area contributed by atoms with E-state index in [1.54, 1.807) is 29.8 Å². The number of aromatic nitrogens is 3. The molecule has 1 aromatic heterocycles. The van der Waals surface area contributed by atoms with Gasteiger partial charge >= 0.3 is 0 Å². The van der Waals surface area contributed by atoms with Crippen molar-refractivity contribution in [1.29, 1.82) is 0 Å². The van der Waals surface area contributed by atoms with Crippen LogP contribution in [0.3, 0.4) is 0 Å². The van der Waals surface area contributed by atoms with Crippen molar-refractivity contribution in [3.63, 3.8) is 0 Å². The summed E-state index contributed by atoms with van der Waals surface area (Å²) in [5.74, 6) is -0.452. The number of nitro benzene ring substituents is 1. The van der Waals surface area contributed by atoms with Gasteiger partial charge in [0.25, 0.3) is 5.69 Å². The van der Waals surface area contributed by atoms with Gasteiger partial charge in [-0.25, -0.2) is 4.39 Å². The van der Waals surface area contributed by atoms with Crippen LogP contribution in [-0.2, 0) is 11.8 Å². The lowest BCUT2D eigenvalue weighted by Crippen LogP contribution is -2.14. The smallest absolute Gasteiger partial charge is 0.271 e. The lowest BCUT2D eigenvalue weighted by Gasteiger charge is -2.07. The van der Waals surface area contributed by atoms with E-state index in [1.165, 1.54) is 18.2 Å². The van der Waals surface area contributed by atoms with E-state index in [-0.39, 0.29) is 28.1 Å². The molecule has 1 amide bonds. The molecular formula is C17H13ClFN5O3S. The summed E-state index contributed by atoms with van der Waals surface area (Å²) in [6.45, 7) is 0. The van der Waals surface area contributed by atoms with Crippen LogP contribution >= 0.6 is 23.4 Å². The number of hydrogen-bond donors (Lipinski definition) is 1. The zero-order valence-electron chi connectivity index (χ0n) is 14.4. The number of rotatable bonds is 6. The third kappa shape index (κ3) is 4.29. The van der Waals surface area contributed by atoms with Crippen molar-refractivity contribution < 1.29 is 14.1 Å². The predicted octanol–water partition coefficient (Wildman–Crippen LogP) is 3.91. The first kappa shape index (κ1) is 19.8. The molecule has 0 aliphatic carbocycles. The molecule has 0 aliphatic heterocycles. The molecule has 0 bridgehead atoms. The van der Waals surface area contributed by atoms with Gasteiger partial charge in [0.15, 0.2) is 11.0 Å². The lowest BCUT2D eigenvalue weighted by atomic mass is 10.2. The minimum absolute atomic E-state index is 0.00341. The minimum Gasteiger partial charge on any atom is -0.324 e. The van der Waals surface area contributed by atoms with Gasteiger partial charge in [-0.3, -0.25) is 14.9 Å². The number of non-ortho nitro benzene ring substituents is 1. The van der Waals surface area contributed by atoms with Crippen LogP contribution in [0.2, 0.25) is 5.02 Å². The molecule has 0 fully saturated rings. The van der Waals surface area contributed by atoms with Crippen LogP contribution in [0.25, 0.3) is 11.4 Å². The highest BCUT2D eigenvalue weighted by Gasteiger charge is 2.16. The van der Waals surface area contributed by atoms with Gasteiger partial charge in [-0.2, -0.15) is 0 Å². The van der Waals surface area contributed by atoms with E-state index in [1.807, 2.05) is 0 Å². The molecule has 0 saturated carbocycles. The number of hydrogen-bond acceptors (Lipinski definition) is 6. The highest BCUT2D eigenvalue weighted by atomic mass is 35.5. The van der Waals surface area contributed by atoms with Crippen molar-refractivity contribution >= 4 is 40.6 Å². The van der Waals surface area contributed by atoms with Gasteiger partial charge in [0.05, 0.1) is 26.9 Å². The Hall–Kier alpha value is -2.98.